The summed E-state index contributed by atoms with van der Waals surface area (Å²) in [6.45, 7) is 1.30. The molecule has 0 spiro atoms. The first-order valence-electron chi connectivity index (χ1n) is 6.60. The molecule has 1 aliphatic heterocycles. The van der Waals surface area contributed by atoms with Crippen LogP contribution in [0, 0.1) is 11.3 Å². The van der Waals surface area contributed by atoms with Crippen LogP contribution in [0.15, 0.2) is 24.3 Å². The predicted octanol–water partition coefficient (Wildman–Crippen LogP) is 1.17. The molecule has 1 aromatic carbocycles. The fourth-order valence-corrected chi connectivity index (χ4v) is 2.36. The monoisotopic (exact) mass is 274 g/mol. The lowest BCUT2D eigenvalue weighted by Gasteiger charge is -2.35. The van der Waals surface area contributed by atoms with Crippen LogP contribution in [0.2, 0.25) is 0 Å². The highest BCUT2D eigenvalue weighted by Gasteiger charge is 2.32. The van der Waals surface area contributed by atoms with E-state index in [0.29, 0.717) is 37.2 Å². The van der Waals surface area contributed by atoms with Gasteiger partial charge in [0, 0.05) is 45.2 Å². The molecule has 1 heterocycles. The van der Waals surface area contributed by atoms with Gasteiger partial charge in [-0.15, -0.1) is 0 Å². The van der Waals surface area contributed by atoms with Gasteiger partial charge in [0.25, 0.3) is 5.91 Å². The quantitative estimate of drug-likeness (QED) is 0.898. The van der Waals surface area contributed by atoms with E-state index in [1.165, 1.54) is 4.90 Å². The average Bonchev–Trinajstić information content (AvgIpc) is 2.46. The maximum Gasteiger partial charge on any atom is 0.253 e. The van der Waals surface area contributed by atoms with Gasteiger partial charge >= 0.3 is 0 Å². The Morgan fingerprint density at radius 3 is 2.85 bits per heavy atom. The van der Waals surface area contributed by atoms with Gasteiger partial charge in [0.15, 0.2) is 0 Å². The molecule has 0 unspecified atom stereocenters. The average molecular weight is 274 g/mol. The Kier molecular flexibility index (Phi) is 4.38. The Labute approximate surface area is 118 Å². The lowest BCUT2D eigenvalue weighted by Crippen LogP contribution is -2.47. The second kappa shape index (κ2) is 6.04. The number of aliphatic hydroxyl groups is 1. The predicted molar refractivity (Wildman–Crippen MR) is 73.1 cm³/mol. The number of hydrogen-bond donors (Lipinski definition) is 1. The fraction of sp³-hybridized carbons (Fsp3) is 0.467. The molecule has 106 valence electrons. The number of carbonyl (C=O) groups is 1. The van der Waals surface area contributed by atoms with Crippen molar-refractivity contribution in [2.45, 2.75) is 18.4 Å². The summed E-state index contributed by atoms with van der Waals surface area (Å²) in [5.41, 5.74) is 0.0337. The van der Waals surface area contributed by atoms with Crippen molar-refractivity contribution in [3.8, 4) is 6.07 Å². The molecule has 1 N–H and O–H groups in total. The van der Waals surface area contributed by atoms with Crippen LogP contribution < -0.4 is 0 Å². The Morgan fingerprint density at radius 1 is 1.50 bits per heavy atom. The minimum atomic E-state index is -0.879. The molecule has 0 atom stereocenters. The molecule has 5 heteroatoms. The summed E-state index contributed by atoms with van der Waals surface area (Å²) < 4.78 is 5.22. The van der Waals surface area contributed by atoms with Crippen LogP contribution in [0.1, 0.15) is 28.8 Å². The lowest BCUT2D eigenvalue weighted by atomic mass is 9.93. The zero-order valence-corrected chi connectivity index (χ0v) is 11.5. The van der Waals surface area contributed by atoms with Crippen molar-refractivity contribution in [2.24, 2.45) is 0 Å². The second-order valence-corrected chi connectivity index (χ2v) is 5.19. The molecule has 0 radical (unpaired) electrons. The van der Waals surface area contributed by atoms with E-state index >= 15 is 0 Å². The molecule has 20 heavy (non-hydrogen) atoms. The van der Waals surface area contributed by atoms with Crippen molar-refractivity contribution < 1.29 is 14.6 Å². The molecule has 1 aliphatic rings. The number of benzene rings is 1. The third kappa shape index (κ3) is 3.35. The third-order valence-electron chi connectivity index (χ3n) is 3.54. The van der Waals surface area contributed by atoms with E-state index in [0.717, 1.165) is 0 Å². The van der Waals surface area contributed by atoms with E-state index in [1.54, 1.807) is 31.3 Å². The Balaban J connectivity index is 2.06. The van der Waals surface area contributed by atoms with Crippen LogP contribution >= 0.6 is 0 Å². The summed E-state index contributed by atoms with van der Waals surface area (Å²) in [4.78, 5) is 13.8. The van der Waals surface area contributed by atoms with Crippen LogP contribution in [0.25, 0.3) is 0 Å². The van der Waals surface area contributed by atoms with Gasteiger partial charge in [-0.2, -0.15) is 5.26 Å². The highest BCUT2D eigenvalue weighted by Crippen LogP contribution is 2.22. The number of hydrogen-bond acceptors (Lipinski definition) is 4. The minimum absolute atomic E-state index is 0.193. The van der Waals surface area contributed by atoms with E-state index in [4.69, 9.17) is 10.00 Å². The number of ether oxygens (including phenoxy) is 1. The van der Waals surface area contributed by atoms with Gasteiger partial charge in [0.05, 0.1) is 17.2 Å². The molecule has 5 nitrogen and oxygen atoms in total. The smallest absolute Gasteiger partial charge is 0.253 e. The summed E-state index contributed by atoms with van der Waals surface area (Å²) in [6, 6.07) is 8.59. The van der Waals surface area contributed by atoms with Crippen molar-refractivity contribution >= 4 is 5.91 Å². The summed E-state index contributed by atoms with van der Waals surface area (Å²) >= 11 is 0. The molecule has 1 aromatic rings. The molecule has 2 rings (SSSR count). The minimum Gasteiger partial charge on any atom is -0.388 e. The van der Waals surface area contributed by atoms with E-state index in [2.05, 4.69) is 0 Å². The maximum absolute atomic E-state index is 12.3. The van der Waals surface area contributed by atoms with Gasteiger partial charge in [-0.25, -0.2) is 0 Å². The fourth-order valence-electron chi connectivity index (χ4n) is 2.36. The van der Waals surface area contributed by atoms with Crippen LogP contribution in [0.4, 0.5) is 0 Å². The first-order valence-corrected chi connectivity index (χ1v) is 6.60. The van der Waals surface area contributed by atoms with Crippen molar-refractivity contribution in [3.05, 3.63) is 35.4 Å². The van der Waals surface area contributed by atoms with Crippen LogP contribution in [-0.4, -0.2) is 48.3 Å². The number of carbonyl (C=O) groups excluding carboxylic acids is 1. The highest BCUT2D eigenvalue weighted by atomic mass is 16.5. The highest BCUT2D eigenvalue weighted by molar-refractivity contribution is 5.94. The van der Waals surface area contributed by atoms with Crippen LogP contribution in [0.3, 0.4) is 0 Å². The summed E-state index contributed by atoms with van der Waals surface area (Å²) in [5, 5.41) is 19.3. The van der Waals surface area contributed by atoms with E-state index in [9.17, 15) is 9.90 Å². The normalized spacial score (nSPS) is 17.2. The van der Waals surface area contributed by atoms with Gasteiger partial charge in [-0.3, -0.25) is 4.79 Å². The molecular formula is C15H18N2O3. The van der Waals surface area contributed by atoms with Gasteiger partial charge in [-0.05, 0) is 18.2 Å². The summed E-state index contributed by atoms with van der Waals surface area (Å²) in [5.74, 6) is -0.193. The zero-order valence-electron chi connectivity index (χ0n) is 11.5. The van der Waals surface area contributed by atoms with E-state index < -0.39 is 5.60 Å². The first-order chi connectivity index (χ1) is 9.54. The Hall–Kier alpha value is -1.90. The third-order valence-corrected chi connectivity index (χ3v) is 3.54. The number of rotatable bonds is 3. The molecule has 1 saturated heterocycles. The van der Waals surface area contributed by atoms with Crippen molar-refractivity contribution in [2.75, 3.05) is 26.8 Å². The van der Waals surface area contributed by atoms with E-state index in [1.807, 2.05) is 6.07 Å². The second-order valence-electron chi connectivity index (χ2n) is 5.19. The van der Waals surface area contributed by atoms with Gasteiger partial charge < -0.3 is 14.7 Å². The molecule has 0 bridgehead atoms. The molecule has 0 saturated carbocycles. The molecule has 0 aliphatic carbocycles. The topological polar surface area (TPSA) is 73.6 Å². The molecular weight excluding hydrogens is 256 g/mol. The van der Waals surface area contributed by atoms with Crippen molar-refractivity contribution in [1.29, 1.82) is 5.26 Å². The SMILES string of the molecule is CN(CC1(O)CCOCC1)C(=O)c1cccc(C#N)c1. The van der Waals surface area contributed by atoms with E-state index in [-0.39, 0.29) is 12.5 Å². The molecule has 1 fully saturated rings. The standard InChI is InChI=1S/C15H18N2O3/c1-17(11-15(19)5-7-20-8-6-15)14(18)13-4-2-3-12(9-13)10-16/h2-4,9,19H,5-8,11H2,1H3. The number of likely N-dealkylation sites (N-methyl/N-ethyl adjacent to an activating group) is 1. The summed E-state index contributed by atoms with van der Waals surface area (Å²) in [6.07, 6.45) is 1.06. The van der Waals surface area contributed by atoms with Gasteiger partial charge in [-0.1, -0.05) is 6.07 Å². The summed E-state index contributed by atoms with van der Waals surface area (Å²) in [7, 11) is 1.66. The number of nitriles is 1. The maximum atomic E-state index is 12.3. The number of amides is 1. The first kappa shape index (κ1) is 14.5. The van der Waals surface area contributed by atoms with Crippen molar-refractivity contribution in [1.82, 2.24) is 4.90 Å². The number of nitrogens with zero attached hydrogens (tertiary/aromatic N) is 2. The van der Waals surface area contributed by atoms with Gasteiger partial charge in [0.2, 0.25) is 0 Å². The Bertz CT molecular complexity index is 530. The van der Waals surface area contributed by atoms with Gasteiger partial charge in [0.1, 0.15) is 0 Å². The lowest BCUT2D eigenvalue weighted by molar-refractivity contribution is -0.0734. The zero-order chi connectivity index (χ0) is 14.6. The largest absolute Gasteiger partial charge is 0.388 e. The van der Waals surface area contributed by atoms with Crippen LogP contribution in [-0.2, 0) is 4.74 Å². The molecule has 1 amide bonds. The molecule has 0 aromatic heterocycles. The van der Waals surface area contributed by atoms with Crippen molar-refractivity contribution in [3.63, 3.8) is 0 Å². The van der Waals surface area contributed by atoms with Crippen LogP contribution in [0.5, 0.6) is 0 Å². The Morgan fingerprint density at radius 2 is 2.20 bits per heavy atom.